The average molecular weight is 295 g/mol. The number of aliphatic hydroxyl groups is 1. The number of halogens is 1. The number of amides is 3. The molecule has 1 aliphatic rings. The number of carbonyl (C=O) groups is 2. The van der Waals surface area contributed by atoms with Gasteiger partial charge in [0.25, 0.3) is 0 Å². The molecule has 0 aliphatic carbocycles. The fraction of sp³-hybridized carbons (Fsp3) is 0.429. The lowest BCUT2D eigenvalue weighted by atomic mass is 10.0. The lowest BCUT2D eigenvalue weighted by Crippen LogP contribution is -2.55. The van der Waals surface area contributed by atoms with Crippen LogP contribution >= 0.6 is 0 Å². The summed E-state index contributed by atoms with van der Waals surface area (Å²) < 4.78 is 13.0. The van der Waals surface area contributed by atoms with Crippen LogP contribution in [0.1, 0.15) is 6.42 Å². The molecule has 114 valence electrons. The van der Waals surface area contributed by atoms with Crippen LogP contribution < -0.4 is 5.32 Å². The summed E-state index contributed by atoms with van der Waals surface area (Å²) in [6, 6.07) is 4.90. The summed E-state index contributed by atoms with van der Waals surface area (Å²) in [5, 5.41) is 11.6. The van der Waals surface area contributed by atoms with Crippen molar-refractivity contribution in [1.29, 1.82) is 0 Å². The normalized spacial score (nSPS) is 17.1. The van der Waals surface area contributed by atoms with Gasteiger partial charge in [0.1, 0.15) is 12.4 Å². The summed E-state index contributed by atoms with van der Waals surface area (Å²) in [4.78, 5) is 26.6. The van der Waals surface area contributed by atoms with Gasteiger partial charge in [0, 0.05) is 19.3 Å². The summed E-state index contributed by atoms with van der Waals surface area (Å²) in [6.45, 7) is 0.450. The third-order valence-electron chi connectivity index (χ3n) is 3.47. The number of carbonyl (C=O) groups excluding carboxylic acids is 2. The predicted molar refractivity (Wildman–Crippen MR) is 75.3 cm³/mol. The van der Waals surface area contributed by atoms with Gasteiger partial charge in [-0.2, -0.15) is 0 Å². The van der Waals surface area contributed by atoms with Crippen LogP contribution in [0.2, 0.25) is 0 Å². The number of benzene rings is 1. The van der Waals surface area contributed by atoms with E-state index in [0.29, 0.717) is 12.2 Å². The predicted octanol–water partition coefficient (Wildman–Crippen LogP) is 0.883. The van der Waals surface area contributed by atoms with Crippen molar-refractivity contribution in [3.63, 3.8) is 0 Å². The van der Waals surface area contributed by atoms with E-state index in [2.05, 4.69) is 5.32 Å². The molecule has 3 amide bonds. The van der Waals surface area contributed by atoms with Gasteiger partial charge in [0.15, 0.2) is 0 Å². The molecule has 21 heavy (non-hydrogen) atoms. The molecule has 1 saturated heterocycles. The van der Waals surface area contributed by atoms with Crippen molar-refractivity contribution in [2.24, 2.45) is 0 Å². The Morgan fingerprint density at radius 3 is 2.86 bits per heavy atom. The third kappa shape index (κ3) is 3.69. The molecule has 0 spiro atoms. The molecule has 1 aliphatic heterocycles. The molecule has 2 N–H and O–H groups in total. The quantitative estimate of drug-likeness (QED) is 0.866. The van der Waals surface area contributed by atoms with E-state index < -0.39 is 11.8 Å². The minimum atomic E-state index is -0.491. The number of rotatable bonds is 4. The van der Waals surface area contributed by atoms with Gasteiger partial charge < -0.3 is 20.2 Å². The van der Waals surface area contributed by atoms with Crippen LogP contribution in [0, 0.1) is 5.82 Å². The first-order valence-corrected chi connectivity index (χ1v) is 6.69. The van der Waals surface area contributed by atoms with E-state index in [9.17, 15) is 14.0 Å². The van der Waals surface area contributed by atoms with Gasteiger partial charge in [-0.15, -0.1) is 0 Å². The Morgan fingerprint density at radius 2 is 2.29 bits per heavy atom. The zero-order chi connectivity index (χ0) is 15.4. The molecule has 0 bridgehead atoms. The first-order chi connectivity index (χ1) is 10.0. The monoisotopic (exact) mass is 295 g/mol. The molecule has 6 nitrogen and oxygen atoms in total. The van der Waals surface area contributed by atoms with E-state index in [4.69, 9.17) is 5.11 Å². The van der Waals surface area contributed by atoms with Gasteiger partial charge in [0.05, 0.1) is 12.6 Å². The minimum Gasteiger partial charge on any atom is -0.394 e. The zero-order valence-corrected chi connectivity index (χ0v) is 11.8. The SMILES string of the molecule is CN(CC(=O)N1CCC1CO)C(=O)Nc1cccc(F)c1. The molecule has 7 heteroatoms. The van der Waals surface area contributed by atoms with Crippen LogP contribution in [0.5, 0.6) is 0 Å². The van der Waals surface area contributed by atoms with Gasteiger partial charge >= 0.3 is 6.03 Å². The molecule has 1 aromatic carbocycles. The molecule has 1 aromatic rings. The van der Waals surface area contributed by atoms with Crippen LogP contribution in [0.15, 0.2) is 24.3 Å². The second-order valence-electron chi connectivity index (χ2n) is 5.01. The standard InChI is InChI=1S/C14H18FN3O3/c1-17(8-13(20)18-6-5-12(18)9-19)14(21)16-11-4-2-3-10(15)7-11/h2-4,7,12,19H,5-6,8-9H2,1H3,(H,16,21). The number of likely N-dealkylation sites (N-methyl/N-ethyl adjacent to an activating group) is 1. The van der Waals surface area contributed by atoms with Gasteiger partial charge in [0.2, 0.25) is 5.91 Å². The number of hydrogen-bond donors (Lipinski definition) is 2. The van der Waals surface area contributed by atoms with E-state index in [0.717, 1.165) is 6.42 Å². The molecule has 1 unspecified atom stereocenters. The molecular weight excluding hydrogens is 277 g/mol. The smallest absolute Gasteiger partial charge is 0.322 e. The third-order valence-corrected chi connectivity index (χ3v) is 3.47. The molecule has 0 radical (unpaired) electrons. The topological polar surface area (TPSA) is 72.9 Å². The Bertz CT molecular complexity index is 536. The second kappa shape index (κ2) is 6.53. The molecule has 1 atom stereocenters. The maximum Gasteiger partial charge on any atom is 0.322 e. The van der Waals surface area contributed by atoms with Gasteiger partial charge in [-0.05, 0) is 24.6 Å². The van der Waals surface area contributed by atoms with Gasteiger partial charge in [-0.3, -0.25) is 4.79 Å². The first kappa shape index (κ1) is 15.2. The van der Waals surface area contributed by atoms with Crippen molar-refractivity contribution in [3.05, 3.63) is 30.1 Å². The number of urea groups is 1. The Balaban J connectivity index is 1.86. The zero-order valence-electron chi connectivity index (χ0n) is 11.8. The van der Waals surface area contributed by atoms with Gasteiger partial charge in [-0.1, -0.05) is 6.07 Å². The molecule has 1 fully saturated rings. The highest BCUT2D eigenvalue weighted by Crippen LogP contribution is 2.17. The Morgan fingerprint density at radius 1 is 1.52 bits per heavy atom. The molecule has 1 heterocycles. The Labute approximate surface area is 122 Å². The van der Waals surface area contributed by atoms with Crippen LogP contribution in [-0.2, 0) is 4.79 Å². The van der Waals surface area contributed by atoms with Crippen molar-refractivity contribution in [1.82, 2.24) is 9.80 Å². The minimum absolute atomic E-state index is 0.0645. The van der Waals surface area contributed by atoms with Crippen molar-refractivity contribution in [2.45, 2.75) is 12.5 Å². The number of nitrogens with one attached hydrogen (secondary N) is 1. The summed E-state index contributed by atoms with van der Waals surface area (Å²) in [6.07, 6.45) is 0.779. The van der Waals surface area contributed by atoms with Gasteiger partial charge in [-0.25, -0.2) is 9.18 Å². The van der Waals surface area contributed by atoms with E-state index in [1.807, 2.05) is 0 Å². The van der Waals surface area contributed by atoms with E-state index in [1.54, 1.807) is 11.0 Å². The molecule has 2 rings (SSSR count). The number of hydrogen-bond acceptors (Lipinski definition) is 3. The van der Waals surface area contributed by atoms with Crippen molar-refractivity contribution in [2.75, 3.05) is 32.1 Å². The number of aliphatic hydroxyl groups excluding tert-OH is 1. The van der Waals surface area contributed by atoms with E-state index in [1.165, 1.54) is 30.1 Å². The van der Waals surface area contributed by atoms with Crippen molar-refractivity contribution < 1.29 is 19.1 Å². The number of likely N-dealkylation sites (tertiary alicyclic amines) is 1. The highest BCUT2D eigenvalue weighted by molar-refractivity contribution is 5.92. The summed E-state index contributed by atoms with van der Waals surface area (Å²) in [5.41, 5.74) is 0.330. The Hall–Kier alpha value is -2.15. The highest BCUT2D eigenvalue weighted by atomic mass is 19.1. The van der Waals surface area contributed by atoms with Crippen LogP contribution in [0.3, 0.4) is 0 Å². The van der Waals surface area contributed by atoms with E-state index >= 15 is 0 Å². The maximum atomic E-state index is 13.0. The lowest BCUT2D eigenvalue weighted by Gasteiger charge is -2.40. The Kier molecular flexibility index (Phi) is 4.74. The first-order valence-electron chi connectivity index (χ1n) is 6.69. The summed E-state index contributed by atoms with van der Waals surface area (Å²) >= 11 is 0. The molecular formula is C14H18FN3O3. The fourth-order valence-electron chi connectivity index (χ4n) is 2.11. The van der Waals surface area contributed by atoms with Crippen LogP contribution in [0.4, 0.5) is 14.9 Å². The fourth-order valence-corrected chi connectivity index (χ4v) is 2.11. The average Bonchev–Trinajstić information content (AvgIpc) is 2.37. The molecule has 0 saturated carbocycles. The van der Waals surface area contributed by atoms with Crippen molar-refractivity contribution >= 4 is 17.6 Å². The number of nitrogens with zero attached hydrogens (tertiary/aromatic N) is 2. The highest BCUT2D eigenvalue weighted by Gasteiger charge is 2.32. The maximum absolute atomic E-state index is 13.0. The summed E-state index contributed by atoms with van der Waals surface area (Å²) in [5.74, 6) is -0.657. The van der Waals surface area contributed by atoms with Crippen LogP contribution in [-0.4, -0.2) is 59.6 Å². The van der Waals surface area contributed by atoms with Crippen LogP contribution in [0.25, 0.3) is 0 Å². The van der Waals surface area contributed by atoms with E-state index in [-0.39, 0.29) is 25.1 Å². The summed E-state index contributed by atoms with van der Waals surface area (Å²) in [7, 11) is 1.49. The van der Waals surface area contributed by atoms with Crippen molar-refractivity contribution in [3.8, 4) is 0 Å². The largest absolute Gasteiger partial charge is 0.394 e. The number of anilines is 1. The second-order valence-corrected chi connectivity index (χ2v) is 5.01. The molecule has 0 aromatic heterocycles. The lowest BCUT2D eigenvalue weighted by molar-refractivity contribution is -0.140.